The van der Waals surface area contributed by atoms with E-state index < -0.39 is 0 Å². The summed E-state index contributed by atoms with van der Waals surface area (Å²) in [5, 5.41) is 7.00. The van der Waals surface area contributed by atoms with E-state index in [2.05, 4.69) is 29.3 Å². The van der Waals surface area contributed by atoms with Crippen LogP contribution in [0.1, 0.15) is 51.6 Å². The Hall–Kier alpha value is -3.29. The molecule has 0 saturated heterocycles. The van der Waals surface area contributed by atoms with Crippen molar-refractivity contribution in [2.45, 2.75) is 46.6 Å². The van der Waals surface area contributed by atoms with Crippen LogP contribution < -0.4 is 14.8 Å². The zero-order valence-electron chi connectivity index (χ0n) is 18.4. The Morgan fingerprint density at radius 3 is 2.58 bits per heavy atom. The first-order chi connectivity index (χ1) is 15.0. The molecule has 2 aromatic heterocycles. The van der Waals surface area contributed by atoms with Crippen molar-refractivity contribution in [3.8, 4) is 23.1 Å². The van der Waals surface area contributed by atoms with Gasteiger partial charge in [0, 0.05) is 12.8 Å². The van der Waals surface area contributed by atoms with Gasteiger partial charge in [-0.3, -0.25) is 4.79 Å². The normalized spacial score (nSPS) is 12.0. The lowest BCUT2D eigenvalue weighted by atomic mass is 9.95. The number of ether oxygens (including phenoxy) is 2. The van der Waals surface area contributed by atoms with Crippen LogP contribution in [-0.4, -0.2) is 29.3 Å². The summed E-state index contributed by atoms with van der Waals surface area (Å²) < 4.78 is 21.8. The van der Waals surface area contributed by atoms with E-state index in [0.29, 0.717) is 48.6 Å². The lowest BCUT2D eigenvalue weighted by Gasteiger charge is -2.24. The topological polar surface area (TPSA) is 99.6 Å². The number of hydrogen-bond donors (Lipinski definition) is 1. The molecular formula is C23H29N3O5. The van der Waals surface area contributed by atoms with Crippen molar-refractivity contribution in [3.05, 3.63) is 48.0 Å². The lowest BCUT2D eigenvalue weighted by molar-refractivity contribution is -0.122. The maximum absolute atomic E-state index is 12.6. The number of carbonyl (C=O) groups is 1. The van der Waals surface area contributed by atoms with Crippen molar-refractivity contribution >= 4 is 5.91 Å². The van der Waals surface area contributed by atoms with Gasteiger partial charge in [-0.05, 0) is 49.6 Å². The number of hydrogen-bond acceptors (Lipinski definition) is 7. The molecule has 1 atom stereocenters. The molecule has 8 heteroatoms. The van der Waals surface area contributed by atoms with Crippen molar-refractivity contribution in [1.82, 2.24) is 15.5 Å². The first-order valence-corrected chi connectivity index (χ1v) is 10.6. The van der Waals surface area contributed by atoms with Gasteiger partial charge in [-0.15, -0.1) is 0 Å². The Kier molecular flexibility index (Phi) is 7.70. The van der Waals surface area contributed by atoms with Gasteiger partial charge in [0.2, 0.25) is 17.6 Å². The summed E-state index contributed by atoms with van der Waals surface area (Å²) in [5.41, 5.74) is 0.966. The molecule has 0 bridgehead atoms. The molecule has 1 amide bonds. The van der Waals surface area contributed by atoms with Gasteiger partial charge >= 0.3 is 0 Å². The molecule has 31 heavy (non-hydrogen) atoms. The fourth-order valence-corrected chi connectivity index (χ4v) is 3.22. The highest BCUT2D eigenvalue weighted by atomic mass is 16.5. The number of nitrogens with zero attached hydrogens (tertiary/aromatic N) is 2. The lowest BCUT2D eigenvalue weighted by Crippen LogP contribution is -2.32. The minimum Gasteiger partial charge on any atom is -0.490 e. The predicted molar refractivity (Wildman–Crippen MR) is 115 cm³/mol. The molecule has 0 saturated carbocycles. The summed E-state index contributed by atoms with van der Waals surface area (Å²) in [6.07, 6.45) is 2.12. The summed E-state index contributed by atoms with van der Waals surface area (Å²) in [6, 6.07) is 9.13. The molecule has 1 unspecified atom stereocenters. The molecule has 0 aliphatic carbocycles. The molecular weight excluding hydrogens is 398 g/mol. The number of nitrogens with one attached hydrogen (secondary N) is 1. The molecule has 3 aromatic rings. The fraction of sp³-hybridized carbons (Fsp3) is 0.435. The van der Waals surface area contributed by atoms with Gasteiger partial charge in [0.05, 0.1) is 25.5 Å². The Bertz CT molecular complexity index is 966. The molecule has 0 spiro atoms. The standard InChI is InChI=1S/C23H29N3O5/c1-5-28-17-10-9-16(14-19(17)29-6-2)22(15(3)4)24-20(27)11-12-21-25-23(26-31-21)18-8-7-13-30-18/h7-10,13-15,22H,5-6,11-12H2,1-4H3,(H,24,27). The first-order valence-electron chi connectivity index (χ1n) is 10.6. The molecule has 0 aliphatic heterocycles. The van der Waals surface area contributed by atoms with Crippen LogP contribution in [0.15, 0.2) is 45.5 Å². The Morgan fingerprint density at radius 2 is 1.90 bits per heavy atom. The van der Waals surface area contributed by atoms with Crippen molar-refractivity contribution in [2.24, 2.45) is 5.92 Å². The highest BCUT2D eigenvalue weighted by Crippen LogP contribution is 2.33. The van der Waals surface area contributed by atoms with Crippen LogP contribution in [0, 0.1) is 5.92 Å². The van der Waals surface area contributed by atoms with Gasteiger partial charge < -0.3 is 23.7 Å². The maximum atomic E-state index is 12.6. The van der Waals surface area contributed by atoms with Crippen molar-refractivity contribution < 1.29 is 23.2 Å². The molecule has 8 nitrogen and oxygen atoms in total. The Morgan fingerprint density at radius 1 is 1.13 bits per heavy atom. The molecule has 0 radical (unpaired) electrons. The second kappa shape index (κ2) is 10.7. The average molecular weight is 428 g/mol. The van der Waals surface area contributed by atoms with E-state index in [9.17, 15) is 4.79 Å². The third-order valence-corrected chi connectivity index (χ3v) is 4.69. The zero-order chi connectivity index (χ0) is 22.2. The average Bonchev–Trinajstić information content (AvgIpc) is 3.44. The summed E-state index contributed by atoms with van der Waals surface area (Å²) in [6.45, 7) is 9.08. The number of benzene rings is 1. The van der Waals surface area contributed by atoms with Crippen LogP contribution in [-0.2, 0) is 11.2 Å². The molecule has 3 rings (SSSR count). The molecule has 166 valence electrons. The van der Waals surface area contributed by atoms with Gasteiger partial charge in [0.1, 0.15) is 0 Å². The molecule has 0 aliphatic rings. The number of amides is 1. The van der Waals surface area contributed by atoms with Gasteiger partial charge in [0.25, 0.3) is 0 Å². The third kappa shape index (κ3) is 5.87. The number of carbonyl (C=O) groups excluding carboxylic acids is 1. The highest BCUT2D eigenvalue weighted by molar-refractivity contribution is 5.76. The van der Waals surface area contributed by atoms with Crippen LogP contribution in [0.5, 0.6) is 11.5 Å². The van der Waals surface area contributed by atoms with E-state index in [0.717, 1.165) is 5.56 Å². The van der Waals surface area contributed by atoms with E-state index in [1.165, 1.54) is 0 Å². The molecule has 1 aromatic carbocycles. The van der Waals surface area contributed by atoms with Crippen LogP contribution in [0.2, 0.25) is 0 Å². The number of aromatic nitrogens is 2. The van der Waals surface area contributed by atoms with E-state index in [4.69, 9.17) is 18.4 Å². The first kappa shape index (κ1) is 22.4. The highest BCUT2D eigenvalue weighted by Gasteiger charge is 2.21. The maximum Gasteiger partial charge on any atom is 0.238 e. The smallest absolute Gasteiger partial charge is 0.238 e. The number of aryl methyl sites for hydroxylation is 1. The summed E-state index contributed by atoms with van der Waals surface area (Å²) in [4.78, 5) is 16.9. The number of furan rings is 1. The minimum absolute atomic E-state index is 0.0942. The van der Waals surface area contributed by atoms with Gasteiger partial charge in [-0.1, -0.05) is 25.1 Å². The van der Waals surface area contributed by atoms with Crippen LogP contribution in [0.25, 0.3) is 11.6 Å². The van der Waals surface area contributed by atoms with E-state index >= 15 is 0 Å². The predicted octanol–water partition coefficient (Wildman–Crippen LogP) is 4.57. The van der Waals surface area contributed by atoms with Crippen LogP contribution >= 0.6 is 0 Å². The second-order valence-electron chi connectivity index (χ2n) is 7.35. The monoisotopic (exact) mass is 427 g/mol. The third-order valence-electron chi connectivity index (χ3n) is 4.69. The van der Waals surface area contributed by atoms with Crippen molar-refractivity contribution in [3.63, 3.8) is 0 Å². The summed E-state index contributed by atoms with van der Waals surface area (Å²) >= 11 is 0. The van der Waals surface area contributed by atoms with Gasteiger partial charge in [-0.2, -0.15) is 4.98 Å². The van der Waals surface area contributed by atoms with E-state index in [1.807, 2.05) is 32.0 Å². The minimum atomic E-state index is -0.163. The Balaban J connectivity index is 1.64. The second-order valence-corrected chi connectivity index (χ2v) is 7.35. The molecule has 2 heterocycles. The van der Waals surface area contributed by atoms with Crippen molar-refractivity contribution in [2.75, 3.05) is 13.2 Å². The van der Waals surface area contributed by atoms with E-state index in [-0.39, 0.29) is 24.3 Å². The summed E-state index contributed by atoms with van der Waals surface area (Å²) in [5.74, 6) is 2.76. The van der Waals surface area contributed by atoms with Crippen molar-refractivity contribution in [1.29, 1.82) is 0 Å². The fourth-order valence-electron chi connectivity index (χ4n) is 3.22. The van der Waals surface area contributed by atoms with E-state index in [1.54, 1.807) is 18.4 Å². The van der Waals surface area contributed by atoms with Gasteiger partial charge in [-0.25, -0.2) is 0 Å². The molecule has 0 fully saturated rings. The SMILES string of the molecule is CCOc1ccc(C(NC(=O)CCc2nc(-c3ccco3)no2)C(C)C)cc1OCC. The largest absolute Gasteiger partial charge is 0.490 e. The summed E-state index contributed by atoms with van der Waals surface area (Å²) in [7, 11) is 0. The Labute approximate surface area is 181 Å². The van der Waals surface area contributed by atoms with Crippen LogP contribution in [0.3, 0.4) is 0 Å². The zero-order valence-corrected chi connectivity index (χ0v) is 18.4. The number of rotatable bonds is 11. The van der Waals surface area contributed by atoms with Gasteiger partial charge in [0.15, 0.2) is 17.3 Å². The molecule has 1 N–H and O–H groups in total. The quantitative estimate of drug-likeness (QED) is 0.478. The van der Waals surface area contributed by atoms with Crippen LogP contribution in [0.4, 0.5) is 0 Å².